The van der Waals surface area contributed by atoms with E-state index in [1.54, 1.807) is 13.8 Å². The number of aliphatic imine (C=N–C) groups is 1. The van der Waals surface area contributed by atoms with E-state index in [9.17, 15) is 9.59 Å². The molecule has 0 fully saturated rings. The average molecular weight is 273 g/mol. The van der Waals surface area contributed by atoms with Crippen LogP contribution in [0.2, 0.25) is 0 Å². The molecule has 1 amide bonds. The molecule has 0 bridgehead atoms. The van der Waals surface area contributed by atoms with Crippen LogP contribution in [0, 0.1) is 5.92 Å². The minimum atomic E-state index is -1.03. The number of hydrogen-bond acceptors (Lipinski definition) is 4. The topological polar surface area (TPSA) is 100 Å². The predicted octanol–water partition coefficient (Wildman–Crippen LogP) is 0.151. The molecule has 2 unspecified atom stereocenters. The van der Waals surface area contributed by atoms with Crippen molar-refractivity contribution < 1.29 is 19.4 Å². The van der Waals surface area contributed by atoms with Crippen LogP contribution in [0.15, 0.2) is 4.99 Å². The summed E-state index contributed by atoms with van der Waals surface area (Å²) in [4.78, 5) is 26.2. The minimum Gasteiger partial charge on any atom is -0.481 e. The van der Waals surface area contributed by atoms with Gasteiger partial charge in [-0.3, -0.25) is 4.79 Å². The second-order valence-electron chi connectivity index (χ2n) is 3.75. The third-order valence-electron chi connectivity index (χ3n) is 2.42. The van der Waals surface area contributed by atoms with Gasteiger partial charge in [0.2, 0.25) is 0 Å². The first-order valence-corrected chi connectivity index (χ1v) is 5.85. The lowest BCUT2D eigenvalue weighted by atomic mass is 9.94. The Morgan fingerprint density at radius 2 is 2.28 bits per heavy atom. The highest BCUT2D eigenvalue weighted by Crippen LogP contribution is 2.13. The number of amides is 1. The third kappa shape index (κ3) is 3.66. The van der Waals surface area contributed by atoms with E-state index in [1.807, 2.05) is 0 Å². The summed E-state index contributed by atoms with van der Waals surface area (Å²) < 4.78 is 4.91. The fourth-order valence-electron chi connectivity index (χ4n) is 1.64. The molecule has 0 saturated carbocycles. The number of nitrogens with zero attached hydrogens (tertiary/aromatic N) is 1. The molecule has 1 heterocycles. The van der Waals surface area contributed by atoms with Gasteiger partial charge in [0, 0.05) is 12.3 Å². The number of ether oxygens (including phenoxy) is 1. The molecule has 3 N–H and O–H groups in total. The SMILES string of the molecule is CCNC(=O)OCC1NC(=S)N=C(C)C1C(=O)O. The average Bonchev–Trinajstić information content (AvgIpc) is 2.25. The largest absolute Gasteiger partial charge is 0.481 e. The third-order valence-corrected chi connectivity index (χ3v) is 2.63. The highest BCUT2D eigenvalue weighted by Gasteiger charge is 2.35. The van der Waals surface area contributed by atoms with Crippen molar-refractivity contribution in [2.45, 2.75) is 19.9 Å². The highest BCUT2D eigenvalue weighted by atomic mass is 32.1. The van der Waals surface area contributed by atoms with Crippen LogP contribution in [0.4, 0.5) is 4.79 Å². The fraction of sp³-hybridized carbons (Fsp3) is 0.600. The van der Waals surface area contributed by atoms with Gasteiger partial charge in [0.25, 0.3) is 0 Å². The number of carbonyl (C=O) groups excluding carboxylic acids is 1. The van der Waals surface area contributed by atoms with Crippen molar-refractivity contribution in [2.24, 2.45) is 10.9 Å². The standard InChI is InChI=1S/C10H15N3O4S/c1-3-11-10(16)17-4-6-7(8(14)15)5(2)12-9(18)13-6/h6-7H,3-4H2,1-2H3,(H,11,16)(H,13,18)(H,14,15). The highest BCUT2D eigenvalue weighted by molar-refractivity contribution is 7.80. The van der Waals surface area contributed by atoms with E-state index in [2.05, 4.69) is 15.6 Å². The summed E-state index contributed by atoms with van der Waals surface area (Å²) in [5, 5.41) is 14.5. The van der Waals surface area contributed by atoms with Gasteiger partial charge in [-0.1, -0.05) is 0 Å². The van der Waals surface area contributed by atoms with Gasteiger partial charge in [-0.15, -0.1) is 0 Å². The molecule has 1 rings (SSSR count). The molecule has 2 atom stereocenters. The second-order valence-corrected chi connectivity index (χ2v) is 4.14. The lowest BCUT2D eigenvalue weighted by Crippen LogP contribution is -2.52. The van der Waals surface area contributed by atoms with Crippen molar-refractivity contribution in [1.29, 1.82) is 0 Å². The van der Waals surface area contributed by atoms with Gasteiger partial charge < -0.3 is 20.5 Å². The van der Waals surface area contributed by atoms with E-state index in [0.29, 0.717) is 12.3 Å². The van der Waals surface area contributed by atoms with Gasteiger partial charge in [-0.05, 0) is 26.1 Å². The van der Waals surface area contributed by atoms with E-state index in [1.165, 1.54) is 0 Å². The molecule has 0 saturated heterocycles. The van der Waals surface area contributed by atoms with Gasteiger partial charge in [-0.25, -0.2) is 9.79 Å². The Bertz CT molecular complexity index is 397. The van der Waals surface area contributed by atoms with E-state index >= 15 is 0 Å². The summed E-state index contributed by atoms with van der Waals surface area (Å²) in [5.74, 6) is -1.89. The summed E-state index contributed by atoms with van der Waals surface area (Å²) in [5.41, 5.74) is 0.399. The van der Waals surface area contributed by atoms with Crippen molar-refractivity contribution >= 4 is 35.1 Å². The molecule has 0 aromatic rings. The van der Waals surface area contributed by atoms with Gasteiger partial charge in [0.1, 0.15) is 12.5 Å². The summed E-state index contributed by atoms with van der Waals surface area (Å²) in [7, 11) is 0. The van der Waals surface area contributed by atoms with Crippen LogP contribution in [-0.4, -0.2) is 47.2 Å². The number of carboxylic acids is 1. The molecule has 1 aliphatic rings. The normalized spacial score (nSPS) is 22.8. The number of thiocarbonyl (C=S) groups is 1. The first-order chi connectivity index (χ1) is 8.45. The molecule has 0 radical (unpaired) electrons. The van der Waals surface area contributed by atoms with Gasteiger partial charge >= 0.3 is 12.1 Å². The Kier molecular flexibility index (Phi) is 5.02. The zero-order valence-electron chi connectivity index (χ0n) is 10.1. The van der Waals surface area contributed by atoms with Crippen LogP contribution in [-0.2, 0) is 9.53 Å². The second kappa shape index (κ2) is 6.29. The van der Waals surface area contributed by atoms with Crippen molar-refractivity contribution in [3.8, 4) is 0 Å². The Morgan fingerprint density at radius 1 is 1.61 bits per heavy atom. The molecule has 8 heteroatoms. The monoisotopic (exact) mass is 273 g/mol. The molecule has 0 spiro atoms. The van der Waals surface area contributed by atoms with Crippen LogP contribution < -0.4 is 10.6 Å². The zero-order valence-corrected chi connectivity index (χ0v) is 10.9. The van der Waals surface area contributed by atoms with E-state index < -0.39 is 24.0 Å². The molecule has 7 nitrogen and oxygen atoms in total. The lowest BCUT2D eigenvalue weighted by molar-refractivity contribution is -0.140. The number of carbonyl (C=O) groups is 2. The van der Waals surface area contributed by atoms with Crippen molar-refractivity contribution in [3.63, 3.8) is 0 Å². The van der Waals surface area contributed by atoms with Crippen LogP contribution in [0.3, 0.4) is 0 Å². The van der Waals surface area contributed by atoms with E-state index in [4.69, 9.17) is 22.1 Å². The van der Waals surface area contributed by atoms with Crippen molar-refractivity contribution in [2.75, 3.05) is 13.2 Å². The number of hydrogen-bond donors (Lipinski definition) is 3. The number of alkyl carbamates (subject to hydrolysis) is 1. The predicted molar refractivity (Wildman–Crippen MR) is 68.8 cm³/mol. The van der Waals surface area contributed by atoms with E-state index in [0.717, 1.165) is 0 Å². The number of rotatable bonds is 4. The van der Waals surface area contributed by atoms with Gasteiger partial charge in [0.05, 0.1) is 6.04 Å². The Hall–Kier alpha value is -1.70. The van der Waals surface area contributed by atoms with E-state index in [-0.39, 0.29) is 11.7 Å². The smallest absolute Gasteiger partial charge is 0.407 e. The Morgan fingerprint density at radius 3 is 2.83 bits per heavy atom. The number of carboxylic acid groups (broad SMARTS) is 1. The summed E-state index contributed by atoms with van der Waals surface area (Å²) in [6.07, 6.45) is -0.588. The first-order valence-electron chi connectivity index (χ1n) is 5.44. The Balaban J connectivity index is 2.68. The maximum absolute atomic E-state index is 11.2. The molecule has 0 aromatic carbocycles. The number of aliphatic carboxylic acids is 1. The summed E-state index contributed by atoms with van der Waals surface area (Å²) >= 11 is 4.88. The quantitative estimate of drug-likeness (QED) is 0.630. The van der Waals surface area contributed by atoms with Crippen molar-refractivity contribution in [1.82, 2.24) is 10.6 Å². The van der Waals surface area contributed by atoms with Crippen LogP contribution >= 0.6 is 12.2 Å². The van der Waals surface area contributed by atoms with Crippen LogP contribution in [0.25, 0.3) is 0 Å². The molecule has 1 aliphatic heterocycles. The van der Waals surface area contributed by atoms with Crippen LogP contribution in [0.5, 0.6) is 0 Å². The maximum atomic E-state index is 11.2. The Labute approximate surface area is 110 Å². The zero-order chi connectivity index (χ0) is 13.7. The minimum absolute atomic E-state index is 0.0875. The molecule has 0 aliphatic carbocycles. The van der Waals surface area contributed by atoms with Crippen LogP contribution in [0.1, 0.15) is 13.8 Å². The van der Waals surface area contributed by atoms with Gasteiger partial charge in [0.15, 0.2) is 5.11 Å². The summed E-state index contributed by atoms with van der Waals surface area (Å²) in [6.45, 7) is 3.70. The molecule has 100 valence electrons. The first kappa shape index (κ1) is 14.4. The molecular formula is C10H15N3O4S. The lowest BCUT2D eigenvalue weighted by Gasteiger charge is -2.28. The molecular weight excluding hydrogens is 258 g/mol. The molecule has 18 heavy (non-hydrogen) atoms. The summed E-state index contributed by atoms with van der Waals surface area (Å²) in [6, 6.07) is -0.602. The number of nitrogens with one attached hydrogen (secondary N) is 2. The maximum Gasteiger partial charge on any atom is 0.407 e. The van der Waals surface area contributed by atoms with Gasteiger partial charge in [-0.2, -0.15) is 0 Å². The molecule has 0 aromatic heterocycles. The fourth-order valence-corrected chi connectivity index (χ4v) is 1.94. The van der Waals surface area contributed by atoms with Crippen molar-refractivity contribution in [3.05, 3.63) is 0 Å².